The standard InChI is InChI=1S/C25H32O5S2/c1-2-28-24(27)25(31-14-9-15-32-25)16-22(29-18-20-10-5-3-6-11-20)23(17-26)30-19-21-12-7-4-8-13-21/h3-8,10-13,22-23,26H,2,9,14-19H2,1H3/t22-,23-/m0/s1. The number of rotatable bonds is 12. The van der Waals surface area contributed by atoms with Crippen LogP contribution in [-0.4, -0.2) is 52.1 Å². The minimum absolute atomic E-state index is 0.194. The molecule has 1 N–H and O–H groups in total. The van der Waals surface area contributed by atoms with Crippen LogP contribution >= 0.6 is 23.5 Å². The quantitative estimate of drug-likeness (QED) is 0.447. The molecule has 1 saturated heterocycles. The maximum atomic E-state index is 13.0. The lowest BCUT2D eigenvalue weighted by Gasteiger charge is -2.38. The summed E-state index contributed by atoms with van der Waals surface area (Å²) in [5.74, 6) is 1.57. The van der Waals surface area contributed by atoms with E-state index in [1.54, 1.807) is 23.5 Å². The maximum Gasteiger partial charge on any atom is 0.332 e. The minimum atomic E-state index is -0.751. The summed E-state index contributed by atoms with van der Waals surface area (Å²) in [6.45, 7) is 2.72. The van der Waals surface area contributed by atoms with E-state index in [1.165, 1.54) is 0 Å². The summed E-state index contributed by atoms with van der Waals surface area (Å²) in [5, 5.41) is 10.2. The van der Waals surface area contributed by atoms with E-state index >= 15 is 0 Å². The first-order valence-electron chi connectivity index (χ1n) is 11.0. The highest BCUT2D eigenvalue weighted by molar-refractivity contribution is 8.19. The molecule has 0 saturated carbocycles. The molecule has 0 unspecified atom stereocenters. The highest BCUT2D eigenvalue weighted by Crippen LogP contribution is 2.47. The number of thioether (sulfide) groups is 2. The van der Waals surface area contributed by atoms with Crippen molar-refractivity contribution in [2.45, 2.75) is 49.3 Å². The van der Waals surface area contributed by atoms with Gasteiger partial charge in [0.1, 0.15) is 6.10 Å². The molecule has 2 aromatic carbocycles. The number of carbonyl (C=O) groups excluding carboxylic acids is 1. The summed E-state index contributed by atoms with van der Waals surface area (Å²) in [5.41, 5.74) is 2.06. The van der Waals surface area contributed by atoms with Gasteiger partial charge in [0, 0.05) is 6.42 Å². The van der Waals surface area contributed by atoms with Gasteiger partial charge in [-0.1, -0.05) is 60.7 Å². The van der Waals surface area contributed by atoms with Crippen LogP contribution in [0.3, 0.4) is 0 Å². The second kappa shape index (κ2) is 13.3. The average Bonchev–Trinajstić information content (AvgIpc) is 2.84. The third-order valence-corrected chi connectivity index (χ3v) is 8.52. The molecule has 32 heavy (non-hydrogen) atoms. The molecule has 174 valence electrons. The molecule has 5 nitrogen and oxygen atoms in total. The van der Waals surface area contributed by atoms with Crippen LogP contribution in [0.4, 0.5) is 0 Å². The third kappa shape index (κ3) is 7.25. The molecule has 0 spiro atoms. The van der Waals surface area contributed by atoms with Crippen molar-refractivity contribution in [1.82, 2.24) is 0 Å². The molecule has 3 rings (SSSR count). The first-order valence-corrected chi connectivity index (χ1v) is 13.0. The van der Waals surface area contributed by atoms with Crippen molar-refractivity contribution >= 4 is 29.5 Å². The summed E-state index contributed by atoms with van der Waals surface area (Å²) >= 11 is 3.24. The van der Waals surface area contributed by atoms with Crippen molar-refractivity contribution in [1.29, 1.82) is 0 Å². The molecule has 1 aliphatic rings. The lowest BCUT2D eigenvalue weighted by Crippen LogP contribution is -2.45. The first kappa shape index (κ1) is 25.1. The molecule has 0 aliphatic carbocycles. The second-order valence-corrected chi connectivity index (χ2v) is 10.6. The van der Waals surface area contributed by atoms with Crippen LogP contribution in [0.25, 0.3) is 0 Å². The van der Waals surface area contributed by atoms with Crippen LogP contribution in [0, 0.1) is 0 Å². The number of benzene rings is 2. The van der Waals surface area contributed by atoms with E-state index in [0.29, 0.717) is 26.2 Å². The van der Waals surface area contributed by atoms with Gasteiger partial charge in [-0.2, -0.15) is 0 Å². The summed E-state index contributed by atoms with van der Waals surface area (Å²) in [4.78, 5) is 13.0. The number of ether oxygens (including phenoxy) is 3. The van der Waals surface area contributed by atoms with E-state index in [0.717, 1.165) is 29.1 Å². The summed E-state index contributed by atoms with van der Waals surface area (Å²) in [6.07, 6.45) is 0.438. The summed E-state index contributed by atoms with van der Waals surface area (Å²) in [7, 11) is 0. The van der Waals surface area contributed by atoms with Crippen LogP contribution in [0.5, 0.6) is 0 Å². The number of aliphatic hydroxyl groups excluding tert-OH is 1. The Kier molecular flexibility index (Phi) is 10.4. The van der Waals surface area contributed by atoms with Gasteiger partial charge in [-0.15, -0.1) is 23.5 Å². The fourth-order valence-electron chi connectivity index (χ4n) is 3.53. The number of hydrogen-bond acceptors (Lipinski definition) is 7. The zero-order valence-electron chi connectivity index (χ0n) is 18.5. The number of hydrogen-bond donors (Lipinski definition) is 1. The molecule has 2 aromatic rings. The molecular weight excluding hydrogens is 444 g/mol. The first-order chi connectivity index (χ1) is 15.7. The highest BCUT2D eigenvalue weighted by Gasteiger charge is 2.46. The largest absolute Gasteiger partial charge is 0.464 e. The number of carbonyl (C=O) groups is 1. The lowest BCUT2D eigenvalue weighted by atomic mass is 10.1. The third-order valence-electron chi connectivity index (χ3n) is 5.22. The Labute approximate surface area is 199 Å². The van der Waals surface area contributed by atoms with Crippen molar-refractivity contribution in [3.8, 4) is 0 Å². The Morgan fingerprint density at radius 1 is 0.938 bits per heavy atom. The second-order valence-electron chi connectivity index (χ2n) is 7.58. The van der Waals surface area contributed by atoms with Crippen molar-refractivity contribution in [3.05, 3.63) is 71.8 Å². The molecule has 7 heteroatoms. The monoisotopic (exact) mass is 476 g/mol. The van der Waals surface area contributed by atoms with Gasteiger partial charge in [0.25, 0.3) is 0 Å². The fraction of sp³-hybridized carbons (Fsp3) is 0.480. The number of esters is 1. The van der Waals surface area contributed by atoms with Crippen molar-refractivity contribution in [2.24, 2.45) is 0 Å². The predicted octanol–water partition coefficient (Wildman–Crippen LogP) is 4.67. The lowest BCUT2D eigenvalue weighted by molar-refractivity contribution is -0.146. The molecule has 0 aromatic heterocycles. The Morgan fingerprint density at radius 3 is 1.97 bits per heavy atom. The molecule has 2 atom stereocenters. The van der Waals surface area contributed by atoms with E-state index in [4.69, 9.17) is 14.2 Å². The Balaban J connectivity index is 1.77. The maximum absolute atomic E-state index is 13.0. The SMILES string of the molecule is CCOC(=O)C1(C[C@H](OCc2ccccc2)[C@H](CO)OCc2ccccc2)SCCCS1. The summed E-state index contributed by atoms with van der Waals surface area (Å²) in [6, 6.07) is 19.8. The van der Waals surface area contributed by atoms with Crippen molar-refractivity contribution < 1.29 is 24.1 Å². The highest BCUT2D eigenvalue weighted by atomic mass is 32.2. The molecule has 0 amide bonds. The molecular formula is C25H32O5S2. The molecule has 1 heterocycles. The Morgan fingerprint density at radius 2 is 1.47 bits per heavy atom. The van der Waals surface area contributed by atoms with Crippen LogP contribution in [0.15, 0.2) is 60.7 Å². The molecule has 1 fully saturated rings. The minimum Gasteiger partial charge on any atom is -0.464 e. The van der Waals surface area contributed by atoms with E-state index in [1.807, 2.05) is 67.6 Å². The van der Waals surface area contributed by atoms with E-state index in [9.17, 15) is 9.90 Å². The predicted molar refractivity (Wildman–Crippen MR) is 131 cm³/mol. The van der Waals surface area contributed by atoms with Crippen LogP contribution in [0.2, 0.25) is 0 Å². The zero-order chi connectivity index (χ0) is 22.7. The smallest absolute Gasteiger partial charge is 0.332 e. The van der Waals surface area contributed by atoms with Crippen molar-refractivity contribution in [2.75, 3.05) is 24.7 Å². The van der Waals surface area contributed by atoms with Crippen LogP contribution in [0.1, 0.15) is 30.9 Å². The van der Waals surface area contributed by atoms with Crippen LogP contribution < -0.4 is 0 Å². The van der Waals surface area contributed by atoms with E-state index < -0.39 is 16.3 Å². The molecule has 0 bridgehead atoms. The van der Waals surface area contributed by atoms with Crippen molar-refractivity contribution in [3.63, 3.8) is 0 Å². The van der Waals surface area contributed by atoms with Crippen LogP contribution in [-0.2, 0) is 32.2 Å². The van der Waals surface area contributed by atoms with Gasteiger partial charge in [-0.3, -0.25) is 0 Å². The normalized spacial score (nSPS) is 17.4. The topological polar surface area (TPSA) is 65.0 Å². The molecule has 1 aliphatic heterocycles. The zero-order valence-corrected chi connectivity index (χ0v) is 20.1. The van der Waals surface area contributed by atoms with Gasteiger partial charge in [0.15, 0.2) is 4.08 Å². The van der Waals surface area contributed by atoms with Gasteiger partial charge in [0.2, 0.25) is 0 Å². The fourth-order valence-corrected chi connectivity index (χ4v) is 6.70. The number of aliphatic hydroxyl groups is 1. The summed E-state index contributed by atoms with van der Waals surface area (Å²) < 4.78 is 17.1. The van der Waals surface area contributed by atoms with Gasteiger partial charge in [-0.05, 0) is 36.0 Å². The van der Waals surface area contributed by atoms with Gasteiger partial charge < -0.3 is 19.3 Å². The van der Waals surface area contributed by atoms with E-state index in [2.05, 4.69) is 0 Å². The average molecular weight is 477 g/mol. The Bertz CT molecular complexity index is 796. The Hall–Kier alpha value is -1.51. The van der Waals surface area contributed by atoms with Gasteiger partial charge >= 0.3 is 5.97 Å². The van der Waals surface area contributed by atoms with E-state index in [-0.39, 0.29) is 12.6 Å². The van der Waals surface area contributed by atoms with Gasteiger partial charge in [0.05, 0.1) is 32.5 Å². The van der Waals surface area contributed by atoms with Gasteiger partial charge in [-0.25, -0.2) is 4.79 Å². The molecule has 0 radical (unpaired) electrons.